The van der Waals surface area contributed by atoms with E-state index in [9.17, 15) is 0 Å². The Balaban J connectivity index is 1.22. The average Bonchev–Trinajstić information content (AvgIpc) is 3.09. The Kier molecular flexibility index (Phi) is 7.51. The number of hydrogen-bond donors (Lipinski definition) is 0. The number of halogens is 2. The number of hydrogen-bond acceptors (Lipinski definition) is 0. The van der Waals surface area contributed by atoms with E-state index >= 15 is 0 Å². The topological polar surface area (TPSA) is 0 Å². The average molecular weight is 721 g/mol. The first-order valence-corrected chi connectivity index (χ1v) is 17.4. The van der Waals surface area contributed by atoms with Crippen molar-refractivity contribution < 1.29 is 0 Å². The number of aryl methyl sites for hydroxylation is 2. The molecule has 0 atom stereocenters. The van der Waals surface area contributed by atoms with Crippen LogP contribution in [0.3, 0.4) is 0 Å². The molecule has 1 aliphatic carbocycles. The summed E-state index contributed by atoms with van der Waals surface area (Å²) in [5, 5.41) is 2.76. The van der Waals surface area contributed by atoms with Crippen molar-refractivity contribution in [3.63, 3.8) is 0 Å². The second-order valence-corrected chi connectivity index (χ2v) is 14.3. The summed E-state index contributed by atoms with van der Waals surface area (Å²) in [6, 6.07) is 56.0. The normalized spacial score (nSPS) is 12.5. The van der Waals surface area contributed by atoms with Crippen molar-refractivity contribution in [1.29, 1.82) is 0 Å². The first-order valence-electron chi connectivity index (χ1n) is 15.8. The van der Waals surface area contributed by atoms with Gasteiger partial charge in [0.25, 0.3) is 0 Å². The van der Waals surface area contributed by atoms with Crippen LogP contribution in [0.25, 0.3) is 44.2 Å². The highest BCUT2D eigenvalue weighted by Crippen LogP contribution is 2.43. The van der Waals surface area contributed by atoms with Gasteiger partial charge < -0.3 is 0 Å². The van der Waals surface area contributed by atoms with E-state index in [1.54, 1.807) is 0 Å². The molecule has 0 radical (unpaired) electrons. The van der Waals surface area contributed by atoms with Crippen LogP contribution in [0.5, 0.6) is 0 Å². The van der Waals surface area contributed by atoms with Crippen molar-refractivity contribution in [2.24, 2.45) is 0 Å². The maximum atomic E-state index is 3.57. The molecular weight excluding hydrogens is 688 g/mol. The fourth-order valence-electron chi connectivity index (χ4n) is 7.09. The molecule has 0 heterocycles. The zero-order valence-corrected chi connectivity index (χ0v) is 28.8. The number of benzene rings is 7. The molecule has 0 N–H and O–H groups in total. The van der Waals surface area contributed by atoms with Gasteiger partial charge in [0.2, 0.25) is 0 Å². The maximum absolute atomic E-state index is 3.57. The molecule has 0 fully saturated rings. The summed E-state index contributed by atoms with van der Waals surface area (Å²) >= 11 is 7.14. The molecule has 8 rings (SSSR count). The first kappa shape index (κ1) is 29.2. The standard InChI is InChI=1S/C44H32Br2/c1-44(35-17-6-29(7-18-35)31-12-23-38(45)24-13-31,36-19-8-30(9-20-36)32-14-25-39(46)26-15-32)37-21-10-33(11-22-37)43-28-34-16-27-40(34)41-4-2-3-5-42(41)43/h2-15,17-26,28H,16,27H2,1H3. The lowest BCUT2D eigenvalue weighted by atomic mass is 9.70. The van der Waals surface area contributed by atoms with Gasteiger partial charge in [0.1, 0.15) is 0 Å². The van der Waals surface area contributed by atoms with Gasteiger partial charge in [-0.1, -0.05) is 159 Å². The van der Waals surface area contributed by atoms with Crippen LogP contribution in [-0.4, -0.2) is 0 Å². The largest absolute Gasteiger partial charge is 0.0616 e. The third kappa shape index (κ3) is 5.14. The van der Waals surface area contributed by atoms with Crippen molar-refractivity contribution in [1.82, 2.24) is 0 Å². The van der Waals surface area contributed by atoms with Crippen LogP contribution in [0, 0.1) is 0 Å². The van der Waals surface area contributed by atoms with Crippen molar-refractivity contribution in [3.05, 3.63) is 188 Å². The van der Waals surface area contributed by atoms with Crippen molar-refractivity contribution in [2.45, 2.75) is 25.2 Å². The van der Waals surface area contributed by atoms with Gasteiger partial charge in [-0.2, -0.15) is 0 Å². The zero-order valence-electron chi connectivity index (χ0n) is 25.6. The fourth-order valence-corrected chi connectivity index (χ4v) is 7.62. The summed E-state index contributed by atoms with van der Waals surface area (Å²) in [5.74, 6) is 0. The molecule has 46 heavy (non-hydrogen) atoms. The maximum Gasteiger partial charge on any atom is 0.0423 e. The van der Waals surface area contributed by atoms with Gasteiger partial charge in [-0.25, -0.2) is 0 Å². The molecule has 1 aliphatic rings. The molecule has 7 aromatic rings. The van der Waals surface area contributed by atoms with Crippen molar-refractivity contribution >= 4 is 42.6 Å². The van der Waals surface area contributed by atoms with Gasteiger partial charge >= 0.3 is 0 Å². The minimum absolute atomic E-state index is 0.350. The van der Waals surface area contributed by atoms with Crippen LogP contribution in [0.1, 0.15) is 34.7 Å². The third-order valence-corrected chi connectivity index (χ3v) is 11.0. The van der Waals surface area contributed by atoms with E-state index in [2.05, 4.69) is 190 Å². The predicted octanol–water partition coefficient (Wildman–Crippen LogP) is 12.8. The molecule has 0 amide bonds. The van der Waals surface area contributed by atoms with Gasteiger partial charge in [-0.3, -0.25) is 0 Å². The minimum Gasteiger partial charge on any atom is -0.0616 e. The molecule has 0 saturated heterocycles. The van der Waals surface area contributed by atoms with Crippen LogP contribution in [-0.2, 0) is 18.3 Å². The van der Waals surface area contributed by atoms with Crippen molar-refractivity contribution in [2.75, 3.05) is 0 Å². The van der Waals surface area contributed by atoms with Gasteiger partial charge in [0.05, 0.1) is 0 Å². The lowest BCUT2D eigenvalue weighted by molar-refractivity contribution is 0.693. The molecule has 0 nitrogen and oxygen atoms in total. The molecule has 0 aromatic heterocycles. The van der Waals surface area contributed by atoms with Crippen LogP contribution in [0.15, 0.2) is 161 Å². The summed E-state index contributed by atoms with van der Waals surface area (Å²) in [6.07, 6.45) is 2.37. The number of fused-ring (bicyclic) bond motifs is 3. The van der Waals surface area contributed by atoms with Crippen molar-refractivity contribution in [3.8, 4) is 33.4 Å². The molecule has 222 valence electrons. The van der Waals surface area contributed by atoms with Gasteiger partial charge in [-0.15, -0.1) is 0 Å². The van der Waals surface area contributed by atoms with Gasteiger partial charge in [0.15, 0.2) is 0 Å². The smallest absolute Gasteiger partial charge is 0.0423 e. The Labute approximate surface area is 288 Å². The molecule has 2 heteroatoms. The summed E-state index contributed by atoms with van der Waals surface area (Å²) in [5.41, 5.74) is 14.0. The SMILES string of the molecule is CC(c1ccc(-c2ccc(Br)cc2)cc1)(c1ccc(-c2ccc(Br)cc2)cc1)c1ccc(-c2cc3c(c4ccccc24)CC3)cc1. The molecular formula is C44H32Br2. The van der Waals surface area contributed by atoms with E-state index in [0.717, 1.165) is 8.95 Å². The molecule has 0 spiro atoms. The molecule has 0 unspecified atom stereocenters. The van der Waals surface area contributed by atoms with E-state index < -0.39 is 0 Å². The third-order valence-electron chi connectivity index (χ3n) is 9.95. The first-order chi connectivity index (χ1) is 22.5. The predicted molar refractivity (Wildman–Crippen MR) is 202 cm³/mol. The monoisotopic (exact) mass is 718 g/mol. The Morgan fingerprint density at radius 2 is 0.826 bits per heavy atom. The van der Waals surface area contributed by atoms with Crippen LogP contribution >= 0.6 is 31.9 Å². The van der Waals surface area contributed by atoms with E-state index in [1.165, 1.54) is 84.8 Å². The van der Waals surface area contributed by atoms with E-state index in [0.29, 0.717) is 0 Å². The molecule has 0 saturated carbocycles. The second kappa shape index (κ2) is 11.8. The van der Waals surface area contributed by atoms with Crippen LogP contribution in [0.4, 0.5) is 0 Å². The summed E-state index contributed by atoms with van der Waals surface area (Å²) < 4.78 is 2.18. The molecule has 0 bridgehead atoms. The van der Waals surface area contributed by atoms with Gasteiger partial charge in [0, 0.05) is 14.4 Å². The lowest BCUT2D eigenvalue weighted by Crippen LogP contribution is -2.25. The molecule has 0 aliphatic heterocycles. The fraction of sp³-hybridized carbons (Fsp3) is 0.0909. The summed E-state index contributed by atoms with van der Waals surface area (Å²) in [4.78, 5) is 0. The minimum atomic E-state index is -0.350. The number of rotatable bonds is 6. The highest BCUT2D eigenvalue weighted by Gasteiger charge is 2.31. The highest BCUT2D eigenvalue weighted by molar-refractivity contribution is 9.10. The van der Waals surface area contributed by atoms with Gasteiger partial charge in [-0.05, 0) is 116 Å². The Morgan fingerprint density at radius 3 is 1.24 bits per heavy atom. The quantitative estimate of drug-likeness (QED) is 0.150. The highest BCUT2D eigenvalue weighted by atomic mass is 79.9. The lowest BCUT2D eigenvalue weighted by Gasteiger charge is -2.32. The second-order valence-electron chi connectivity index (χ2n) is 12.5. The van der Waals surface area contributed by atoms with Crippen LogP contribution < -0.4 is 0 Å². The Morgan fingerprint density at radius 1 is 0.435 bits per heavy atom. The van der Waals surface area contributed by atoms with E-state index in [-0.39, 0.29) is 5.41 Å². The van der Waals surface area contributed by atoms with E-state index in [1.807, 2.05) is 0 Å². The summed E-state index contributed by atoms with van der Waals surface area (Å²) in [6.45, 7) is 2.37. The molecule has 7 aromatic carbocycles. The zero-order chi connectivity index (χ0) is 31.3. The Bertz CT molecular complexity index is 2080. The summed E-state index contributed by atoms with van der Waals surface area (Å²) in [7, 11) is 0. The Hall–Kier alpha value is -4.24. The van der Waals surface area contributed by atoms with Crippen LogP contribution in [0.2, 0.25) is 0 Å². The van der Waals surface area contributed by atoms with E-state index in [4.69, 9.17) is 0 Å².